The van der Waals surface area contributed by atoms with Crippen LogP contribution in [0.25, 0.3) is 0 Å². The SMILES string of the molecule is CC(C)CCNC(=O)c1cc(Cl)nc(Cl)c1. The normalized spacial score (nSPS) is 10.6. The van der Waals surface area contributed by atoms with Crippen molar-refractivity contribution in [3.8, 4) is 0 Å². The minimum Gasteiger partial charge on any atom is -0.352 e. The number of carbonyl (C=O) groups excluding carboxylic acids is 1. The van der Waals surface area contributed by atoms with Gasteiger partial charge in [-0.05, 0) is 24.5 Å². The molecule has 0 aliphatic heterocycles. The van der Waals surface area contributed by atoms with E-state index in [4.69, 9.17) is 23.2 Å². The van der Waals surface area contributed by atoms with Crippen molar-refractivity contribution in [1.29, 1.82) is 0 Å². The van der Waals surface area contributed by atoms with E-state index in [-0.39, 0.29) is 16.2 Å². The van der Waals surface area contributed by atoms with Gasteiger partial charge in [-0.2, -0.15) is 0 Å². The summed E-state index contributed by atoms with van der Waals surface area (Å²) in [7, 11) is 0. The van der Waals surface area contributed by atoms with E-state index in [1.54, 1.807) is 0 Å². The van der Waals surface area contributed by atoms with Crippen molar-refractivity contribution >= 4 is 29.1 Å². The lowest BCUT2D eigenvalue weighted by atomic mass is 10.1. The Labute approximate surface area is 105 Å². The number of aromatic nitrogens is 1. The molecule has 0 aliphatic rings. The molecular formula is C11H14Cl2N2O. The predicted octanol–water partition coefficient (Wildman–Crippen LogP) is 3.16. The highest BCUT2D eigenvalue weighted by atomic mass is 35.5. The lowest BCUT2D eigenvalue weighted by Crippen LogP contribution is -2.25. The Morgan fingerprint density at radius 3 is 2.44 bits per heavy atom. The van der Waals surface area contributed by atoms with Gasteiger partial charge in [0.05, 0.1) is 0 Å². The van der Waals surface area contributed by atoms with Gasteiger partial charge in [-0.3, -0.25) is 4.79 Å². The number of nitrogens with zero attached hydrogens (tertiary/aromatic N) is 1. The van der Waals surface area contributed by atoms with Crippen LogP contribution >= 0.6 is 23.2 Å². The smallest absolute Gasteiger partial charge is 0.251 e. The summed E-state index contributed by atoms with van der Waals surface area (Å²) < 4.78 is 0. The largest absolute Gasteiger partial charge is 0.352 e. The zero-order chi connectivity index (χ0) is 12.1. The average molecular weight is 261 g/mol. The molecule has 0 unspecified atom stereocenters. The first-order valence-corrected chi connectivity index (χ1v) is 5.86. The van der Waals surface area contributed by atoms with Crippen molar-refractivity contribution in [1.82, 2.24) is 10.3 Å². The quantitative estimate of drug-likeness (QED) is 0.846. The van der Waals surface area contributed by atoms with E-state index >= 15 is 0 Å². The van der Waals surface area contributed by atoms with Gasteiger partial charge in [0.15, 0.2) is 0 Å². The molecule has 0 radical (unpaired) electrons. The molecule has 0 aliphatic carbocycles. The molecule has 16 heavy (non-hydrogen) atoms. The highest BCUT2D eigenvalue weighted by Crippen LogP contribution is 2.14. The summed E-state index contributed by atoms with van der Waals surface area (Å²) in [6.45, 7) is 4.85. The minimum absolute atomic E-state index is 0.174. The van der Waals surface area contributed by atoms with Gasteiger partial charge in [-0.25, -0.2) is 4.98 Å². The summed E-state index contributed by atoms with van der Waals surface area (Å²) >= 11 is 11.4. The molecule has 0 atom stereocenters. The van der Waals surface area contributed by atoms with Crippen LogP contribution in [0.4, 0.5) is 0 Å². The third kappa shape index (κ3) is 4.37. The first-order chi connectivity index (χ1) is 7.49. The van der Waals surface area contributed by atoms with E-state index in [1.165, 1.54) is 12.1 Å². The van der Waals surface area contributed by atoms with E-state index < -0.39 is 0 Å². The third-order valence-corrected chi connectivity index (χ3v) is 2.42. The fourth-order valence-corrected chi connectivity index (χ4v) is 1.63. The summed E-state index contributed by atoms with van der Waals surface area (Å²) in [4.78, 5) is 15.5. The molecule has 0 saturated carbocycles. The van der Waals surface area contributed by atoms with Crippen molar-refractivity contribution in [3.63, 3.8) is 0 Å². The molecule has 0 bridgehead atoms. The van der Waals surface area contributed by atoms with Crippen LogP contribution < -0.4 is 5.32 Å². The van der Waals surface area contributed by atoms with Gasteiger partial charge in [0.2, 0.25) is 0 Å². The standard InChI is InChI=1S/C11H14Cl2N2O/c1-7(2)3-4-14-11(16)8-5-9(12)15-10(13)6-8/h5-7H,3-4H2,1-2H3,(H,14,16). The van der Waals surface area contributed by atoms with Gasteiger partial charge in [0.1, 0.15) is 10.3 Å². The summed E-state index contributed by atoms with van der Waals surface area (Å²) in [6.07, 6.45) is 0.943. The monoisotopic (exact) mass is 260 g/mol. The average Bonchev–Trinajstić information content (AvgIpc) is 2.15. The maximum Gasteiger partial charge on any atom is 0.251 e. The first-order valence-electron chi connectivity index (χ1n) is 5.10. The summed E-state index contributed by atoms with van der Waals surface area (Å²) in [5.74, 6) is 0.386. The third-order valence-electron chi connectivity index (χ3n) is 2.03. The van der Waals surface area contributed by atoms with Gasteiger partial charge in [-0.1, -0.05) is 37.0 Å². The second kappa shape index (κ2) is 6.06. The number of halogens is 2. The molecule has 5 heteroatoms. The fourth-order valence-electron chi connectivity index (χ4n) is 1.17. The highest BCUT2D eigenvalue weighted by molar-refractivity contribution is 6.33. The first kappa shape index (κ1) is 13.3. The Morgan fingerprint density at radius 2 is 1.94 bits per heavy atom. The number of nitrogens with one attached hydrogen (secondary N) is 1. The molecule has 1 amide bonds. The van der Waals surface area contributed by atoms with E-state index in [9.17, 15) is 4.79 Å². The van der Waals surface area contributed by atoms with Gasteiger partial charge >= 0.3 is 0 Å². The summed E-state index contributed by atoms with van der Waals surface area (Å²) in [5, 5.41) is 3.25. The second-order valence-corrected chi connectivity index (χ2v) is 4.71. The van der Waals surface area contributed by atoms with Crippen LogP contribution in [0, 0.1) is 5.92 Å². The van der Waals surface area contributed by atoms with Gasteiger partial charge in [0, 0.05) is 12.1 Å². The molecule has 1 aromatic rings. The van der Waals surface area contributed by atoms with E-state index in [1.807, 2.05) is 0 Å². The van der Waals surface area contributed by atoms with Gasteiger partial charge < -0.3 is 5.32 Å². The van der Waals surface area contributed by atoms with Crippen LogP contribution in [0.2, 0.25) is 10.3 Å². The topological polar surface area (TPSA) is 42.0 Å². The van der Waals surface area contributed by atoms with Crippen LogP contribution in [-0.2, 0) is 0 Å². The number of hydrogen-bond donors (Lipinski definition) is 1. The number of pyridine rings is 1. The molecule has 1 rings (SSSR count). The number of rotatable bonds is 4. The van der Waals surface area contributed by atoms with Crippen LogP contribution in [0.1, 0.15) is 30.6 Å². The zero-order valence-electron chi connectivity index (χ0n) is 9.26. The molecular weight excluding hydrogens is 247 g/mol. The zero-order valence-corrected chi connectivity index (χ0v) is 10.8. The molecule has 88 valence electrons. The van der Waals surface area contributed by atoms with Gasteiger partial charge in [0.25, 0.3) is 5.91 Å². The number of carbonyl (C=O) groups is 1. The molecule has 0 aromatic carbocycles. The fraction of sp³-hybridized carbons (Fsp3) is 0.455. The molecule has 1 heterocycles. The minimum atomic E-state index is -0.174. The van der Waals surface area contributed by atoms with Crippen molar-refractivity contribution < 1.29 is 4.79 Å². The van der Waals surface area contributed by atoms with E-state index in [0.717, 1.165) is 6.42 Å². The van der Waals surface area contributed by atoms with Crippen LogP contribution in [-0.4, -0.2) is 17.4 Å². The predicted molar refractivity (Wildman–Crippen MR) is 66.0 cm³/mol. The Morgan fingerprint density at radius 1 is 1.38 bits per heavy atom. The maximum absolute atomic E-state index is 11.7. The number of hydrogen-bond acceptors (Lipinski definition) is 2. The molecule has 1 N–H and O–H groups in total. The van der Waals surface area contributed by atoms with Gasteiger partial charge in [-0.15, -0.1) is 0 Å². The van der Waals surface area contributed by atoms with Crippen molar-refractivity contribution in [2.75, 3.05) is 6.54 Å². The van der Waals surface area contributed by atoms with E-state index in [0.29, 0.717) is 18.0 Å². The molecule has 0 fully saturated rings. The summed E-state index contributed by atoms with van der Waals surface area (Å²) in [6, 6.07) is 3.00. The maximum atomic E-state index is 11.7. The Kier molecular flexibility index (Phi) is 5.03. The second-order valence-electron chi connectivity index (χ2n) is 3.94. The Hall–Kier alpha value is -0.800. The van der Waals surface area contributed by atoms with Crippen LogP contribution in [0.5, 0.6) is 0 Å². The van der Waals surface area contributed by atoms with Crippen molar-refractivity contribution in [2.45, 2.75) is 20.3 Å². The van der Waals surface area contributed by atoms with Crippen molar-refractivity contribution in [3.05, 3.63) is 28.0 Å². The Bertz CT molecular complexity index is 360. The highest BCUT2D eigenvalue weighted by Gasteiger charge is 2.08. The van der Waals surface area contributed by atoms with E-state index in [2.05, 4.69) is 24.1 Å². The van der Waals surface area contributed by atoms with Crippen molar-refractivity contribution in [2.24, 2.45) is 5.92 Å². The molecule has 0 saturated heterocycles. The van der Waals surface area contributed by atoms with Crippen LogP contribution in [0.3, 0.4) is 0 Å². The summed E-state index contributed by atoms with van der Waals surface area (Å²) in [5.41, 5.74) is 0.439. The molecule has 1 aromatic heterocycles. The molecule has 0 spiro atoms. The molecule has 3 nitrogen and oxygen atoms in total. The van der Waals surface area contributed by atoms with Crippen LogP contribution in [0.15, 0.2) is 12.1 Å². The lowest BCUT2D eigenvalue weighted by molar-refractivity contribution is 0.0952. The lowest BCUT2D eigenvalue weighted by Gasteiger charge is -2.07. The Balaban J connectivity index is 2.59. The number of amides is 1.